The summed E-state index contributed by atoms with van der Waals surface area (Å²) >= 11 is 5.21. The highest BCUT2D eigenvalue weighted by Gasteiger charge is 2.13. The van der Waals surface area contributed by atoms with Gasteiger partial charge in [0.2, 0.25) is 5.16 Å². The zero-order valence-corrected chi connectivity index (χ0v) is 21.1. The van der Waals surface area contributed by atoms with Crippen LogP contribution in [0.3, 0.4) is 0 Å². The second-order valence-electron chi connectivity index (χ2n) is 6.68. The minimum Gasteiger partial charge on any atom is -0.490 e. The van der Waals surface area contributed by atoms with Gasteiger partial charge in [-0.3, -0.25) is 0 Å². The number of aryl methyl sites for hydroxylation is 1. The number of thioether (sulfide) groups is 1. The summed E-state index contributed by atoms with van der Waals surface area (Å²) < 4.78 is 28.0. The minimum atomic E-state index is -0.286. The molecule has 3 aromatic rings. The van der Waals surface area contributed by atoms with Crippen LogP contribution in [0.4, 0.5) is 4.39 Å². The van der Waals surface area contributed by atoms with E-state index >= 15 is 0 Å². The zero-order chi connectivity index (χ0) is 22.1. The molecule has 0 aliphatic rings. The fourth-order valence-corrected chi connectivity index (χ4v) is 4.22. The van der Waals surface area contributed by atoms with Crippen LogP contribution < -0.4 is 14.8 Å². The number of rotatable bonds is 12. The molecule has 0 radical (unpaired) electrons. The Morgan fingerprint density at radius 2 is 2.03 bits per heavy atom. The minimum absolute atomic E-state index is 0. The number of benzene rings is 2. The second kappa shape index (κ2) is 13.6. The highest BCUT2D eigenvalue weighted by Crippen LogP contribution is 2.37. The van der Waals surface area contributed by atoms with Gasteiger partial charge >= 0.3 is 0 Å². The first-order valence-corrected chi connectivity index (χ1v) is 11.7. The third-order valence-electron chi connectivity index (χ3n) is 4.34. The summed E-state index contributed by atoms with van der Waals surface area (Å²) in [5, 5.41) is 15.7. The number of tetrazole rings is 1. The molecule has 32 heavy (non-hydrogen) atoms. The SMILES string of the molecule is CCOc1cc(CNCCCSc2nnnn2C)cc(Br)c1OCc1ccccc1F.Cl. The topological polar surface area (TPSA) is 74.1 Å². The molecule has 174 valence electrons. The summed E-state index contributed by atoms with van der Waals surface area (Å²) in [7, 11) is 1.83. The predicted octanol–water partition coefficient (Wildman–Crippen LogP) is 4.78. The molecule has 2 aromatic carbocycles. The lowest BCUT2D eigenvalue weighted by Gasteiger charge is -2.16. The average molecular weight is 547 g/mol. The van der Waals surface area contributed by atoms with Crippen LogP contribution in [0.15, 0.2) is 46.0 Å². The van der Waals surface area contributed by atoms with E-state index in [2.05, 4.69) is 36.8 Å². The molecule has 0 bridgehead atoms. The van der Waals surface area contributed by atoms with E-state index in [-0.39, 0.29) is 24.8 Å². The Kier molecular flexibility index (Phi) is 11.2. The Morgan fingerprint density at radius 3 is 2.75 bits per heavy atom. The molecule has 1 N–H and O–H groups in total. The van der Waals surface area contributed by atoms with E-state index in [0.717, 1.165) is 33.9 Å². The van der Waals surface area contributed by atoms with Gasteiger partial charge in [0, 0.05) is 24.9 Å². The van der Waals surface area contributed by atoms with Gasteiger partial charge in [-0.1, -0.05) is 30.0 Å². The second-order valence-corrected chi connectivity index (χ2v) is 8.60. The molecule has 1 aromatic heterocycles. The van der Waals surface area contributed by atoms with Gasteiger partial charge in [0.25, 0.3) is 0 Å². The number of halogens is 3. The number of hydrogen-bond acceptors (Lipinski definition) is 7. The zero-order valence-electron chi connectivity index (χ0n) is 17.9. The van der Waals surface area contributed by atoms with Crippen molar-refractivity contribution in [3.63, 3.8) is 0 Å². The summed E-state index contributed by atoms with van der Waals surface area (Å²) in [5.74, 6) is 1.85. The van der Waals surface area contributed by atoms with E-state index < -0.39 is 0 Å². The van der Waals surface area contributed by atoms with Crippen molar-refractivity contribution in [1.82, 2.24) is 25.5 Å². The van der Waals surface area contributed by atoms with Crippen molar-refractivity contribution < 1.29 is 13.9 Å². The lowest BCUT2D eigenvalue weighted by molar-refractivity contribution is 0.264. The van der Waals surface area contributed by atoms with Gasteiger partial charge in [-0.05, 0) is 70.0 Å². The van der Waals surface area contributed by atoms with Crippen LogP contribution in [0.2, 0.25) is 0 Å². The van der Waals surface area contributed by atoms with Crippen molar-refractivity contribution in [2.45, 2.75) is 31.7 Å². The van der Waals surface area contributed by atoms with E-state index in [0.29, 0.717) is 30.2 Å². The third kappa shape index (κ3) is 7.61. The maximum Gasteiger partial charge on any atom is 0.209 e. The van der Waals surface area contributed by atoms with Crippen molar-refractivity contribution in [2.24, 2.45) is 7.05 Å². The molecule has 0 amide bonds. The van der Waals surface area contributed by atoms with Gasteiger partial charge in [-0.25, -0.2) is 9.07 Å². The van der Waals surface area contributed by atoms with Crippen LogP contribution in [-0.2, 0) is 20.2 Å². The standard InChI is InChI=1S/C21H25BrFN5O2S.ClH/c1-3-29-19-12-15(13-24-9-6-10-31-21-25-26-27-28(21)2)11-17(22)20(19)30-14-16-7-4-5-8-18(16)23;/h4-5,7-8,11-12,24H,3,6,9-10,13-14H2,1-2H3;1H. The summed E-state index contributed by atoms with van der Waals surface area (Å²) in [4.78, 5) is 0. The molecule has 0 fully saturated rings. The van der Waals surface area contributed by atoms with Crippen molar-refractivity contribution in [1.29, 1.82) is 0 Å². The van der Waals surface area contributed by atoms with Crippen molar-refractivity contribution >= 4 is 40.1 Å². The van der Waals surface area contributed by atoms with Gasteiger partial charge in [-0.2, -0.15) is 0 Å². The van der Waals surface area contributed by atoms with Crippen LogP contribution in [0.25, 0.3) is 0 Å². The number of nitrogens with one attached hydrogen (secondary N) is 1. The van der Waals surface area contributed by atoms with Gasteiger partial charge in [-0.15, -0.1) is 17.5 Å². The first-order chi connectivity index (χ1) is 15.1. The van der Waals surface area contributed by atoms with E-state index in [1.54, 1.807) is 34.6 Å². The van der Waals surface area contributed by atoms with Gasteiger partial charge < -0.3 is 14.8 Å². The monoisotopic (exact) mass is 545 g/mol. The number of aromatic nitrogens is 4. The normalized spacial score (nSPS) is 10.6. The number of hydrogen-bond donors (Lipinski definition) is 1. The largest absolute Gasteiger partial charge is 0.490 e. The van der Waals surface area contributed by atoms with Crippen molar-refractivity contribution in [2.75, 3.05) is 18.9 Å². The molecule has 0 saturated heterocycles. The summed E-state index contributed by atoms with van der Waals surface area (Å²) in [6.07, 6.45) is 0.987. The molecule has 1 heterocycles. The molecule has 0 spiro atoms. The Bertz CT molecular complexity index is 995. The van der Waals surface area contributed by atoms with Crippen molar-refractivity contribution in [3.05, 3.63) is 57.8 Å². The molecular weight excluding hydrogens is 521 g/mol. The fraction of sp³-hybridized carbons (Fsp3) is 0.381. The number of ether oxygens (including phenoxy) is 2. The highest BCUT2D eigenvalue weighted by molar-refractivity contribution is 9.10. The maximum atomic E-state index is 13.9. The van der Waals surface area contributed by atoms with Gasteiger partial charge in [0.05, 0.1) is 11.1 Å². The molecule has 0 saturated carbocycles. The summed E-state index contributed by atoms with van der Waals surface area (Å²) in [6, 6.07) is 10.5. The van der Waals surface area contributed by atoms with Crippen LogP contribution in [0.5, 0.6) is 11.5 Å². The van der Waals surface area contributed by atoms with Gasteiger partial charge in [0.1, 0.15) is 12.4 Å². The Balaban J connectivity index is 0.00000363. The molecule has 3 rings (SSSR count). The van der Waals surface area contributed by atoms with E-state index in [4.69, 9.17) is 9.47 Å². The molecule has 0 unspecified atom stereocenters. The van der Waals surface area contributed by atoms with Crippen molar-refractivity contribution in [3.8, 4) is 11.5 Å². The third-order valence-corrected chi connectivity index (χ3v) is 6.02. The first kappa shape index (κ1) is 26.4. The van der Waals surface area contributed by atoms with Crippen LogP contribution in [-0.4, -0.2) is 39.1 Å². The van der Waals surface area contributed by atoms with Gasteiger partial charge in [0.15, 0.2) is 11.5 Å². The molecular formula is C21H26BrClFN5O2S. The molecule has 0 aliphatic carbocycles. The maximum absolute atomic E-state index is 13.9. The summed E-state index contributed by atoms with van der Waals surface area (Å²) in [5.41, 5.74) is 1.57. The van der Waals surface area contributed by atoms with E-state index in [1.165, 1.54) is 6.07 Å². The fourth-order valence-electron chi connectivity index (χ4n) is 2.83. The lowest BCUT2D eigenvalue weighted by atomic mass is 10.2. The molecule has 11 heteroatoms. The highest BCUT2D eigenvalue weighted by atomic mass is 79.9. The lowest BCUT2D eigenvalue weighted by Crippen LogP contribution is -2.15. The van der Waals surface area contributed by atoms with E-state index in [1.807, 2.05) is 26.1 Å². The summed E-state index contributed by atoms with van der Waals surface area (Å²) in [6.45, 7) is 4.12. The quantitative estimate of drug-likeness (QED) is 0.259. The molecule has 0 aliphatic heterocycles. The van der Waals surface area contributed by atoms with Crippen LogP contribution in [0.1, 0.15) is 24.5 Å². The average Bonchev–Trinajstić information content (AvgIpc) is 3.16. The van der Waals surface area contributed by atoms with Crippen LogP contribution >= 0.6 is 40.1 Å². The molecule has 7 nitrogen and oxygen atoms in total. The number of nitrogens with zero attached hydrogens (tertiary/aromatic N) is 4. The Labute approximate surface area is 206 Å². The predicted molar refractivity (Wildman–Crippen MR) is 129 cm³/mol. The van der Waals surface area contributed by atoms with Crippen LogP contribution in [0, 0.1) is 5.82 Å². The smallest absolute Gasteiger partial charge is 0.209 e. The van der Waals surface area contributed by atoms with E-state index in [9.17, 15) is 4.39 Å². The Hall–Kier alpha value is -1.88. The molecule has 0 atom stereocenters. The first-order valence-electron chi connectivity index (χ1n) is 9.95. The Morgan fingerprint density at radius 1 is 1.22 bits per heavy atom.